The largest absolute Gasteiger partial charge is 0.462 e. The molecule has 0 rings (SSSR count). The van der Waals surface area contributed by atoms with Crippen LogP contribution in [0.4, 0.5) is 0 Å². The molecule has 3 N–H and O–H groups in total. The van der Waals surface area contributed by atoms with Gasteiger partial charge in [0.1, 0.15) is 6.10 Å². The normalized spacial score (nSPS) is 13.4. The number of nitrogens with one attached hydrogen (secondary N) is 1. The van der Waals surface area contributed by atoms with Crippen LogP contribution in [0.25, 0.3) is 0 Å². The molecule has 0 radical (unpaired) electrons. The summed E-state index contributed by atoms with van der Waals surface area (Å²) in [6.07, 6.45) is 59.2. The Labute approximate surface area is 385 Å². The van der Waals surface area contributed by atoms with Crippen molar-refractivity contribution in [1.82, 2.24) is 5.32 Å². The van der Waals surface area contributed by atoms with E-state index < -0.39 is 18.2 Å². The highest BCUT2D eigenvalue weighted by molar-refractivity contribution is 5.77. The van der Waals surface area contributed by atoms with Crippen molar-refractivity contribution in [2.24, 2.45) is 0 Å². The Bertz CT molecular complexity index is 1020. The quantitative estimate of drug-likeness (QED) is 0.0321. The maximum atomic E-state index is 13.2. The van der Waals surface area contributed by atoms with Crippen molar-refractivity contribution < 1.29 is 24.5 Å². The number of carbonyl (C=O) groups is 2. The van der Waals surface area contributed by atoms with E-state index in [0.29, 0.717) is 19.3 Å². The Morgan fingerprint density at radius 3 is 1.29 bits per heavy atom. The number of esters is 1. The predicted molar refractivity (Wildman–Crippen MR) is 269 cm³/mol. The molecule has 6 heteroatoms. The minimum absolute atomic E-state index is 0.0657. The van der Waals surface area contributed by atoms with Crippen LogP contribution in [0.5, 0.6) is 0 Å². The molecule has 3 atom stereocenters. The van der Waals surface area contributed by atoms with E-state index >= 15 is 0 Å². The van der Waals surface area contributed by atoms with Crippen LogP contribution in [0.3, 0.4) is 0 Å². The van der Waals surface area contributed by atoms with E-state index in [9.17, 15) is 19.8 Å². The first-order chi connectivity index (χ1) is 30.5. The molecule has 0 saturated carbocycles. The molecule has 0 aliphatic rings. The van der Waals surface area contributed by atoms with Crippen LogP contribution in [-0.2, 0) is 14.3 Å². The number of rotatable bonds is 49. The van der Waals surface area contributed by atoms with Gasteiger partial charge in [0.05, 0.1) is 25.2 Å². The fourth-order valence-electron chi connectivity index (χ4n) is 8.28. The zero-order valence-electron chi connectivity index (χ0n) is 41.5. The zero-order valence-corrected chi connectivity index (χ0v) is 41.5. The number of hydrogen-bond acceptors (Lipinski definition) is 5. The lowest BCUT2D eigenvalue weighted by Gasteiger charge is -2.24. The second kappa shape index (κ2) is 50.1. The fraction of sp³-hybridized carbons (Fsp3) is 0.857. The minimum atomic E-state index is -0.791. The number of ether oxygens (including phenoxy) is 1. The summed E-state index contributed by atoms with van der Waals surface area (Å²) in [4.78, 5) is 26.1. The molecule has 0 aromatic carbocycles. The number of carbonyl (C=O) groups excluding carboxylic acids is 2. The van der Waals surface area contributed by atoms with Gasteiger partial charge in [-0.15, -0.1) is 0 Å². The first-order valence-electron chi connectivity index (χ1n) is 27.2. The summed E-state index contributed by atoms with van der Waals surface area (Å²) in [7, 11) is 0. The second-order valence-electron chi connectivity index (χ2n) is 18.6. The van der Waals surface area contributed by atoms with E-state index in [1.54, 1.807) is 0 Å². The van der Waals surface area contributed by atoms with Crippen molar-refractivity contribution in [3.05, 3.63) is 36.5 Å². The van der Waals surface area contributed by atoms with Crippen LogP contribution < -0.4 is 5.32 Å². The Morgan fingerprint density at radius 2 is 0.823 bits per heavy atom. The Kier molecular flexibility index (Phi) is 48.5. The smallest absolute Gasteiger partial charge is 0.306 e. The van der Waals surface area contributed by atoms with Gasteiger partial charge in [-0.3, -0.25) is 9.59 Å². The molecular weight excluding hydrogens is 767 g/mol. The monoisotopic (exact) mass is 872 g/mol. The number of allylic oxidation sites excluding steroid dienone is 6. The first kappa shape index (κ1) is 60.1. The summed E-state index contributed by atoms with van der Waals surface area (Å²) in [5.74, 6) is -0.490. The predicted octanol–water partition coefficient (Wildman–Crippen LogP) is 16.5. The Morgan fingerprint density at radius 1 is 0.468 bits per heavy atom. The number of amides is 1. The molecule has 6 nitrogen and oxygen atoms in total. The molecule has 0 bridgehead atoms. The molecule has 0 fully saturated rings. The summed E-state index contributed by atoms with van der Waals surface area (Å²) in [5.41, 5.74) is 0. The molecule has 0 aliphatic heterocycles. The molecule has 1 amide bonds. The van der Waals surface area contributed by atoms with Gasteiger partial charge in [0.2, 0.25) is 5.91 Å². The zero-order chi connectivity index (χ0) is 45.2. The summed E-state index contributed by atoms with van der Waals surface area (Å²) in [6.45, 7) is 6.45. The van der Waals surface area contributed by atoms with Crippen LogP contribution >= 0.6 is 0 Å². The number of hydrogen-bond donors (Lipinski definition) is 3. The molecule has 0 aromatic rings. The van der Waals surface area contributed by atoms with E-state index in [-0.39, 0.29) is 24.9 Å². The van der Waals surface area contributed by atoms with Gasteiger partial charge in [0.25, 0.3) is 0 Å². The van der Waals surface area contributed by atoms with Crippen LogP contribution in [-0.4, -0.2) is 46.9 Å². The van der Waals surface area contributed by atoms with Gasteiger partial charge in [-0.05, 0) is 83.5 Å². The van der Waals surface area contributed by atoms with Gasteiger partial charge in [-0.25, -0.2) is 0 Å². The van der Waals surface area contributed by atoms with E-state index in [1.165, 1.54) is 161 Å². The number of aliphatic hydroxyl groups is 2. The molecule has 62 heavy (non-hydrogen) atoms. The van der Waals surface area contributed by atoms with Crippen molar-refractivity contribution >= 4 is 11.9 Å². The average Bonchev–Trinajstić information content (AvgIpc) is 3.26. The molecule has 0 aliphatic carbocycles. The molecule has 0 spiro atoms. The van der Waals surface area contributed by atoms with Crippen LogP contribution in [0.2, 0.25) is 0 Å². The third-order valence-corrected chi connectivity index (χ3v) is 12.4. The average molecular weight is 872 g/mol. The second-order valence-corrected chi connectivity index (χ2v) is 18.6. The van der Waals surface area contributed by atoms with Crippen molar-refractivity contribution in [1.29, 1.82) is 0 Å². The van der Waals surface area contributed by atoms with Crippen LogP contribution in [0.15, 0.2) is 36.5 Å². The van der Waals surface area contributed by atoms with Gasteiger partial charge in [0.15, 0.2) is 0 Å². The fourth-order valence-corrected chi connectivity index (χ4v) is 8.28. The summed E-state index contributed by atoms with van der Waals surface area (Å²) in [5, 5.41) is 23.8. The minimum Gasteiger partial charge on any atom is -0.462 e. The van der Waals surface area contributed by atoms with Crippen molar-refractivity contribution in [2.75, 3.05) is 6.61 Å². The topological polar surface area (TPSA) is 95.9 Å². The maximum Gasteiger partial charge on any atom is 0.306 e. The van der Waals surface area contributed by atoms with Gasteiger partial charge < -0.3 is 20.3 Å². The van der Waals surface area contributed by atoms with Crippen molar-refractivity contribution in [3.8, 4) is 0 Å². The molecular formula is C56H105NO5. The van der Waals surface area contributed by atoms with Crippen LogP contribution in [0, 0.1) is 0 Å². The van der Waals surface area contributed by atoms with E-state index in [4.69, 9.17) is 4.74 Å². The SMILES string of the molecule is CCCCC/C=C\C/C=C\CCCCCCCCCC(=O)OC(CCCCC/C=C\CCCCC)CC(=O)NC(CO)C(O)CCCCCCCCCCCCCCCCCC. The third kappa shape index (κ3) is 44.7. The molecule has 0 aromatic heterocycles. The van der Waals surface area contributed by atoms with Gasteiger partial charge in [-0.1, -0.05) is 224 Å². The van der Waals surface area contributed by atoms with Crippen molar-refractivity contribution in [3.63, 3.8) is 0 Å². The Hall–Kier alpha value is -1.92. The number of aliphatic hydroxyl groups excluding tert-OH is 2. The lowest BCUT2D eigenvalue weighted by molar-refractivity contribution is -0.151. The van der Waals surface area contributed by atoms with Gasteiger partial charge in [0, 0.05) is 6.42 Å². The molecule has 364 valence electrons. The lowest BCUT2D eigenvalue weighted by Crippen LogP contribution is -2.46. The standard InChI is InChI=1S/C56H105NO5/c1-4-7-10-13-16-19-22-24-26-28-30-32-34-37-40-43-46-49-56(61)62-52(47-44-41-38-35-21-18-15-12-9-6-3)50-55(60)57-53(51-58)54(59)48-45-42-39-36-33-31-29-27-25-23-20-17-14-11-8-5-2/h16,18-19,21,24,26,52-54,58-59H,4-15,17,20,22-23,25,27-51H2,1-3H3,(H,57,60)/b19-16-,21-18-,26-24-. The summed E-state index contributed by atoms with van der Waals surface area (Å²) in [6, 6.07) is -0.705. The van der Waals surface area contributed by atoms with E-state index in [0.717, 1.165) is 77.0 Å². The van der Waals surface area contributed by atoms with E-state index in [1.807, 2.05) is 0 Å². The molecule has 0 heterocycles. The Balaban J connectivity index is 4.46. The maximum absolute atomic E-state index is 13.2. The van der Waals surface area contributed by atoms with Gasteiger partial charge in [-0.2, -0.15) is 0 Å². The molecule has 0 saturated heterocycles. The lowest BCUT2D eigenvalue weighted by atomic mass is 10.0. The number of unbranched alkanes of at least 4 members (excludes halogenated alkanes) is 31. The highest BCUT2D eigenvalue weighted by atomic mass is 16.5. The summed E-state index contributed by atoms with van der Waals surface area (Å²) < 4.78 is 5.92. The third-order valence-electron chi connectivity index (χ3n) is 12.4. The highest BCUT2D eigenvalue weighted by Crippen LogP contribution is 2.18. The van der Waals surface area contributed by atoms with Crippen molar-refractivity contribution in [2.45, 2.75) is 302 Å². The highest BCUT2D eigenvalue weighted by Gasteiger charge is 2.24. The van der Waals surface area contributed by atoms with Gasteiger partial charge >= 0.3 is 5.97 Å². The first-order valence-corrected chi connectivity index (χ1v) is 27.2. The molecule has 3 unspecified atom stereocenters. The van der Waals surface area contributed by atoms with Crippen LogP contribution in [0.1, 0.15) is 284 Å². The van der Waals surface area contributed by atoms with E-state index in [2.05, 4.69) is 62.5 Å². The summed E-state index contributed by atoms with van der Waals surface area (Å²) >= 11 is 0.